The molecule has 0 aliphatic carbocycles. The van der Waals surface area contributed by atoms with Gasteiger partial charge in [0.2, 0.25) is 0 Å². The van der Waals surface area contributed by atoms with Crippen LogP contribution in [-0.4, -0.2) is 20.6 Å². The quantitative estimate of drug-likeness (QED) is 0.0910. The van der Waals surface area contributed by atoms with Gasteiger partial charge in [-0.1, -0.05) is 136 Å². The summed E-state index contributed by atoms with van der Waals surface area (Å²) >= 11 is 0. The van der Waals surface area contributed by atoms with E-state index in [1.165, 1.54) is 21.5 Å². The number of hydrogen-bond acceptors (Lipinski definition) is 0. The summed E-state index contributed by atoms with van der Waals surface area (Å²) in [6.07, 6.45) is 5.58. The maximum absolute atomic E-state index is 3.46. The number of hydrogen-bond donors (Lipinski definition) is 0. The fourth-order valence-corrected chi connectivity index (χ4v) is 14.4. The van der Waals surface area contributed by atoms with Gasteiger partial charge in [0.05, 0.1) is 0 Å². The molecule has 0 saturated carbocycles. The predicted molar refractivity (Wildman–Crippen MR) is 196 cm³/mol. The van der Waals surface area contributed by atoms with E-state index in [1.807, 2.05) is 19.1 Å². The fourth-order valence-electron chi connectivity index (χ4n) is 6.22. The van der Waals surface area contributed by atoms with Crippen molar-refractivity contribution in [2.45, 2.75) is 111 Å². The molecular weight excluding hydrogens is 578 g/mol. The Morgan fingerprint density at radius 3 is 1.10 bits per heavy atom. The van der Waals surface area contributed by atoms with Gasteiger partial charge >= 0.3 is 21.7 Å². The Morgan fingerprint density at radius 2 is 0.881 bits per heavy atom. The van der Waals surface area contributed by atoms with Gasteiger partial charge in [0.25, 0.3) is 0 Å². The Labute approximate surface area is 276 Å². The van der Waals surface area contributed by atoms with E-state index in [0.717, 1.165) is 0 Å². The van der Waals surface area contributed by atoms with Gasteiger partial charge in [-0.25, -0.2) is 0 Å². The average molecular weight is 635 g/mol. The van der Waals surface area contributed by atoms with E-state index in [1.54, 1.807) is 16.7 Å². The Morgan fingerprint density at radius 1 is 0.571 bits per heavy atom. The molecule has 4 aromatic carbocycles. The number of benzene rings is 2. The first kappa shape index (κ1) is 38.7. The van der Waals surface area contributed by atoms with Gasteiger partial charge in [-0.2, -0.15) is 12.1 Å². The van der Waals surface area contributed by atoms with Crippen molar-refractivity contribution in [1.82, 2.24) is 0 Å². The zero-order valence-corrected chi connectivity index (χ0v) is 32.1. The molecule has 0 aliphatic heterocycles. The minimum Gasteiger partial charge on any atom is -0.160 e. The van der Waals surface area contributed by atoms with Gasteiger partial charge in [0.1, 0.15) is 0 Å². The van der Waals surface area contributed by atoms with Gasteiger partial charge in [0, 0.05) is 0 Å². The van der Waals surface area contributed by atoms with Crippen LogP contribution in [0.4, 0.5) is 0 Å². The molecule has 226 valence electrons. The van der Waals surface area contributed by atoms with Crippen molar-refractivity contribution in [3.8, 4) is 0 Å². The molecule has 42 heavy (non-hydrogen) atoms. The average Bonchev–Trinajstić information content (AvgIpc) is 3.39. The van der Waals surface area contributed by atoms with Gasteiger partial charge in [-0.05, 0) is 27.5 Å². The SMILES string of the molecule is C=C/C=C/C.CC(C)(C)P(c1cc2ccccc2[cH-]1)C(C)(C)C.CC(C)(C)P(c1cc2ccccc2[cH-]1)C(C)(C)C.[Ti+2]. The van der Waals surface area contributed by atoms with Gasteiger partial charge < -0.3 is 0 Å². The monoisotopic (exact) mass is 634 g/mol. The van der Waals surface area contributed by atoms with Crippen molar-refractivity contribution in [1.29, 1.82) is 0 Å². The molecule has 4 aromatic rings. The molecule has 0 nitrogen and oxygen atoms in total. The van der Waals surface area contributed by atoms with Crippen LogP contribution in [0.2, 0.25) is 0 Å². The molecular formula is C39H56P2Ti. The second-order valence-electron chi connectivity index (χ2n) is 14.8. The number of rotatable bonds is 3. The predicted octanol–water partition coefficient (Wildman–Crippen LogP) is 12.3. The minimum atomic E-state index is -0.185. The molecule has 0 heterocycles. The molecule has 3 heteroatoms. The van der Waals surface area contributed by atoms with Crippen molar-refractivity contribution >= 4 is 48.0 Å². The summed E-state index contributed by atoms with van der Waals surface area (Å²) in [5.41, 5.74) is 0. The Balaban J connectivity index is 0.000000355. The molecule has 0 N–H and O–H groups in total. The molecule has 0 atom stereocenters. The van der Waals surface area contributed by atoms with E-state index < -0.39 is 0 Å². The molecule has 0 aromatic heterocycles. The van der Waals surface area contributed by atoms with E-state index in [4.69, 9.17) is 0 Å². The van der Waals surface area contributed by atoms with E-state index in [0.29, 0.717) is 20.6 Å². The minimum absolute atomic E-state index is 0. The van der Waals surface area contributed by atoms with Crippen LogP contribution in [0, 0.1) is 0 Å². The molecule has 0 amide bonds. The first-order chi connectivity index (χ1) is 18.8. The van der Waals surface area contributed by atoms with Crippen LogP contribution >= 0.6 is 15.8 Å². The summed E-state index contributed by atoms with van der Waals surface area (Å²) in [5, 5.41) is 10.0. The third kappa shape index (κ3) is 11.0. The van der Waals surface area contributed by atoms with Crippen LogP contribution in [0.15, 0.2) is 97.6 Å². The smallest absolute Gasteiger partial charge is 0.160 e. The molecule has 0 unspecified atom stereocenters. The Hall–Kier alpha value is -1.29. The van der Waals surface area contributed by atoms with Gasteiger partial charge in [-0.3, -0.25) is 0 Å². The van der Waals surface area contributed by atoms with Crippen molar-refractivity contribution in [3.05, 3.63) is 97.6 Å². The molecule has 4 rings (SSSR count). The Bertz CT molecular complexity index is 1210. The van der Waals surface area contributed by atoms with E-state index in [9.17, 15) is 0 Å². The summed E-state index contributed by atoms with van der Waals surface area (Å²) in [5.74, 6) is 0. The maximum atomic E-state index is 3.46. The van der Waals surface area contributed by atoms with Gasteiger partial charge in [0.15, 0.2) is 0 Å². The molecule has 0 aliphatic rings. The Kier molecular flexibility index (Phi) is 14.4. The third-order valence-electron chi connectivity index (χ3n) is 6.73. The summed E-state index contributed by atoms with van der Waals surface area (Å²) in [4.78, 5) is 0. The van der Waals surface area contributed by atoms with Gasteiger partial charge in [-0.15, -0.1) is 80.7 Å². The van der Waals surface area contributed by atoms with Crippen molar-refractivity contribution in [2.24, 2.45) is 0 Å². The van der Waals surface area contributed by atoms with Crippen molar-refractivity contribution < 1.29 is 21.7 Å². The number of allylic oxidation sites excluding steroid dienone is 3. The summed E-state index contributed by atoms with van der Waals surface area (Å²) in [7, 11) is -0.369. The third-order valence-corrected chi connectivity index (χ3v) is 13.6. The number of fused-ring (bicyclic) bond motifs is 2. The van der Waals surface area contributed by atoms with Crippen molar-refractivity contribution in [2.75, 3.05) is 0 Å². The summed E-state index contributed by atoms with van der Waals surface area (Å²) < 4.78 is 0. The van der Waals surface area contributed by atoms with Crippen LogP contribution in [0.3, 0.4) is 0 Å². The van der Waals surface area contributed by atoms with Crippen LogP contribution in [0.1, 0.15) is 90.0 Å². The molecule has 0 fully saturated rings. The maximum Gasteiger partial charge on any atom is 2.00 e. The summed E-state index contributed by atoms with van der Waals surface area (Å²) in [6.45, 7) is 33.9. The fraction of sp³-hybridized carbons (Fsp3) is 0.436. The zero-order chi connectivity index (χ0) is 31.2. The van der Waals surface area contributed by atoms with E-state index in [-0.39, 0.29) is 37.6 Å². The van der Waals surface area contributed by atoms with Crippen LogP contribution in [0.25, 0.3) is 21.5 Å². The summed E-state index contributed by atoms with van der Waals surface area (Å²) in [6, 6.07) is 27.0. The molecule has 0 spiro atoms. The largest absolute Gasteiger partial charge is 2.00 e. The second-order valence-corrected chi connectivity index (χ2v) is 22.5. The first-order valence-corrected chi connectivity index (χ1v) is 17.6. The van der Waals surface area contributed by atoms with Crippen molar-refractivity contribution in [3.63, 3.8) is 0 Å². The van der Waals surface area contributed by atoms with E-state index >= 15 is 0 Å². The van der Waals surface area contributed by atoms with Crippen LogP contribution in [-0.2, 0) is 21.7 Å². The van der Waals surface area contributed by atoms with Crippen LogP contribution in [0.5, 0.6) is 0 Å². The van der Waals surface area contributed by atoms with Crippen LogP contribution < -0.4 is 10.6 Å². The molecule has 0 bridgehead atoms. The first-order valence-electron chi connectivity index (χ1n) is 15.0. The molecule has 0 saturated heterocycles. The zero-order valence-electron chi connectivity index (χ0n) is 28.8. The molecule has 0 radical (unpaired) electrons. The standard InChI is InChI=1S/2C17H24P.C5H8.Ti/c2*1-16(2,3)18(17(4,5)6)15-11-13-9-7-8-10-14(13)12-15;1-3-5-4-2;/h2*7-12H,1-6H3;3-5H,1H2,2H3;/q2*-1;;+2/b;;5-4+;. The normalized spacial score (nSPS) is 12.6. The second kappa shape index (κ2) is 15.6. The van der Waals surface area contributed by atoms with E-state index in [2.05, 4.69) is 162 Å². The topological polar surface area (TPSA) is 0 Å².